The Morgan fingerprint density at radius 1 is 1.15 bits per heavy atom. The minimum atomic E-state index is 0.335. The van der Waals surface area contributed by atoms with Crippen LogP contribution in [0.1, 0.15) is 11.4 Å². The smallest absolute Gasteiger partial charge is 0.204 e. The average Bonchev–Trinajstić information content (AvgIpc) is 3.23. The molecule has 0 aliphatic carbocycles. The van der Waals surface area contributed by atoms with E-state index in [4.69, 9.17) is 23.8 Å². The van der Waals surface area contributed by atoms with Crippen LogP contribution in [-0.4, -0.2) is 35.0 Å². The van der Waals surface area contributed by atoms with E-state index in [-0.39, 0.29) is 0 Å². The van der Waals surface area contributed by atoms with Crippen molar-refractivity contribution in [1.29, 1.82) is 0 Å². The quantitative estimate of drug-likeness (QED) is 0.545. The Bertz CT molecular complexity index is 1110. The van der Waals surface area contributed by atoms with Crippen molar-refractivity contribution >= 4 is 23.8 Å². The summed E-state index contributed by atoms with van der Waals surface area (Å²) < 4.78 is 2.39. The van der Waals surface area contributed by atoms with Gasteiger partial charge >= 0.3 is 0 Å². The van der Waals surface area contributed by atoms with Gasteiger partial charge in [-0.2, -0.15) is 9.90 Å². The minimum Gasteiger partial charge on any atom is -0.270 e. The maximum Gasteiger partial charge on any atom is 0.204 e. The van der Waals surface area contributed by atoms with E-state index in [0.29, 0.717) is 28.0 Å². The maximum atomic E-state index is 5.91. The summed E-state index contributed by atoms with van der Waals surface area (Å²) >= 11 is 11.3. The van der Waals surface area contributed by atoms with E-state index < -0.39 is 0 Å². The molecule has 7 nitrogen and oxygen atoms in total. The number of tetrazole rings is 1. The number of nitrogens with zero attached hydrogens (tertiary/aromatic N) is 6. The van der Waals surface area contributed by atoms with Crippen molar-refractivity contribution in [2.45, 2.75) is 13.5 Å². The first-order chi connectivity index (χ1) is 12.6. The Hall–Kier alpha value is -2.84. The van der Waals surface area contributed by atoms with Crippen LogP contribution in [0.4, 0.5) is 0 Å². The van der Waals surface area contributed by atoms with Crippen molar-refractivity contribution in [2.24, 2.45) is 0 Å². The molecule has 4 rings (SSSR count). The molecule has 0 saturated carbocycles. The number of hydrogen-bond donors (Lipinski definition) is 1. The number of H-pyrrole nitrogens is 1. The largest absolute Gasteiger partial charge is 0.270 e. The lowest BCUT2D eigenvalue weighted by molar-refractivity contribution is 0.548. The Balaban J connectivity index is 1.65. The number of nitrogens with one attached hydrogen (secondary N) is 1. The van der Waals surface area contributed by atoms with Crippen LogP contribution in [0.3, 0.4) is 0 Å². The van der Waals surface area contributed by atoms with E-state index in [1.807, 2.05) is 47.9 Å². The monoisotopic (exact) mass is 383 g/mol. The van der Waals surface area contributed by atoms with Gasteiger partial charge in [0.2, 0.25) is 5.82 Å². The van der Waals surface area contributed by atoms with Gasteiger partial charge in [0.1, 0.15) is 6.54 Å². The number of hydrogen-bond acceptors (Lipinski definition) is 5. The molecule has 130 valence electrons. The molecule has 0 unspecified atom stereocenters. The third-order valence-electron chi connectivity index (χ3n) is 3.84. The molecule has 26 heavy (non-hydrogen) atoms. The molecule has 1 N–H and O–H groups in total. The van der Waals surface area contributed by atoms with Crippen LogP contribution in [-0.2, 0) is 6.54 Å². The van der Waals surface area contributed by atoms with E-state index in [9.17, 15) is 0 Å². The summed E-state index contributed by atoms with van der Waals surface area (Å²) in [4.78, 5) is 1.49. The van der Waals surface area contributed by atoms with Gasteiger partial charge in [-0.15, -0.1) is 10.2 Å². The standard InChI is InChI=1S/C17H14ClN7S/c1-11-3-2-4-14(9-11)25-15(19-21-17(25)26)10-24-22-16(20-23-24)12-5-7-13(18)8-6-12/h2-9H,10H2,1H3,(H,21,26). The molecule has 0 amide bonds. The van der Waals surface area contributed by atoms with Crippen LogP contribution in [0.15, 0.2) is 48.5 Å². The van der Waals surface area contributed by atoms with Crippen LogP contribution < -0.4 is 0 Å². The van der Waals surface area contributed by atoms with Gasteiger partial charge < -0.3 is 0 Å². The van der Waals surface area contributed by atoms with Crippen molar-refractivity contribution in [3.05, 3.63) is 69.7 Å². The zero-order valence-corrected chi connectivity index (χ0v) is 15.4. The summed E-state index contributed by atoms with van der Waals surface area (Å²) in [5, 5.41) is 20.4. The Morgan fingerprint density at radius 3 is 2.73 bits per heavy atom. The molecule has 0 radical (unpaired) electrons. The zero-order chi connectivity index (χ0) is 18.1. The highest BCUT2D eigenvalue weighted by atomic mass is 35.5. The Morgan fingerprint density at radius 2 is 1.96 bits per heavy atom. The van der Waals surface area contributed by atoms with Crippen LogP contribution in [0.25, 0.3) is 17.1 Å². The molecule has 2 heterocycles. The highest BCUT2D eigenvalue weighted by Gasteiger charge is 2.12. The van der Waals surface area contributed by atoms with Gasteiger partial charge in [-0.1, -0.05) is 23.7 Å². The summed E-state index contributed by atoms with van der Waals surface area (Å²) in [5.41, 5.74) is 2.93. The third-order valence-corrected chi connectivity index (χ3v) is 4.37. The predicted molar refractivity (Wildman–Crippen MR) is 101 cm³/mol. The Kier molecular flexibility index (Phi) is 4.36. The maximum absolute atomic E-state index is 5.91. The van der Waals surface area contributed by atoms with Crippen LogP contribution in [0.2, 0.25) is 5.02 Å². The summed E-state index contributed by atoms with van der Waals surface area (Å²) in [6, 6.07) is 15.3. The van der Waals surface area contributed by atoms with Crippen LogP contribution in [0.5, 0.6) is 0 Å². The second-order valence-electron chi connectivity index (χ2n) is 5.77. The lowest BCUT2D eigenvalue weighted by Crippen LogP contribution is -2.10. The number of halogens is 1. The van der Waals surface area contributed by atoms with Gasteiger partial charge in [-0.3, -0.25) is 9.67 Å². The molecule has 9 heteroatoms. The Labute approximate surface area is 159 Å². The highest BCUT2D eigenvalue weighted by molar-refractivity contribution is 7.71. The van der Waals surface area contributed by atoms with Gasteiger partial charge in [0, 0.05) is 16.3 Å². The van der Waals surface area contributed by atoms with Crippen LogP contribution in [0, 0.1) is 11.7 Å². The summed E-state index contributed by atoms with van der Waals surface area (Å²) in [6.45, 7) is 2.37. The van der Waals surface area contributed by atoms with Crippen molar-refractivity contribution < 1.29 is 0 Å². The normalized spacial score (nSPS) is 11.0. The molecule has 0 fully saturated rings. The van der Waals surface area contributed by atoms with Gasteiger partial charge in [0.15, 0.2) is 10.6 Å². The van der Waals surface area contributed by atoms with Gasteiger partial charge in [-0.25, -0.2) is 0 Å². The van der Waals surface area contributed by atoms with Crippen molar-refractivity contribution in [2.75, 3.05) is 0 Å². The first-order valence-corrected chi connectivity index (χ1v) is 8.66. The van der Waals surface area contributed by atoms with E-state index in [0.717, 1.165) is 16.8 Å². The van der Waals surface area contributed by atoms with Gasteiger partial charge in [0.25, 0.3) is 0 Å². The van der Waals surface area contributed by atoms with Crippen LogP contribution >= 0.6 is 23.8 Å². The first-order valence-electron chi connectivity index (χ1n) is 7.87. The molecule has 0 saturated heterocycles. The highest BCUT2D eigenvalue weighted by Crippen LogP contribution is 2.18. The van der Waals surface area contributed by atoms with E-state index >= 15 is 0 Å². The second kappa shape index (κ2) is 6.81. The molecule has 0 aliphatic rings. The summed E-state index contributed by atoms with van der Waals surface area (Å²) in [5.74, 6) is 1.22. The summed E-state index contributed by atoms with van der Waals surface area (Å²) in [7, 11) is 0. The lowest BCUT2D eigenvalue weighted by atomic mass is 10.2. The number of benzene rings is 2. The van der Waals surface area contributed by atoms with E-state index in [1.165, 1.54) is 4.80 Å². The summed E-state index contributed by atoms with van der Waals surface area (Å²) in [6.07, 6.45) is 0. The molecule has 2 aromatic heterocycles. The SMILES string of the molecule is Cc1cccc(-n2c(Cn3nnc(-c4ccc(Cl)cc4)n3)n[nH]c2=S)c1. The number of aromatic nitrogens is 7. The average molecular weight is 384 g/mol. The zero-order valence-electron chi connectivity index (χ0n) is 13.8. The van der Waals surface area contributed by atoms with Crippen molar-refractivity contribution in [3.63, 3.8) is 0 Å². The molecular weight excluding hydrogens is 370 g/mol. The fourth-order valence-corrected chi connectivity index (χ4v) is 3.00. The molecule has 4 aromatic rings. The van der Waals surface area contributed by atoms with Crippen molar-refractivity contribution in [1.82, 2.24) is 35.0 Å². The van der Waals surface area contributed by atoms with Crippen molar-refractivity contribution in [3.8, 4) is 17.1 Å². The molecular formula is C17H14ClN7S. The fourth-order valence-electron chi connectivity index (χ4n) is 2.62. The molecule has 0 spiro atoms. The van der Waals surface area contributed by atoms with Gasteiger partial charge in [0.05, 0.1) is 0 Å². The minimum absolute atomic E-state index is 0.335. The molecule has 0 atom stereocenters. The van der Waals surface area contributed by atoms with Gasteiger partial charge in [-0.05, 0) is 66.3 Å². The van der Waals surface area contributed by atoms with E-state index in [2.05, 4.69) is 25.6 Å². The lowest BCUT2D eigenvalue weighted by Gasteiger charge is -2.07. The van der Waals surface area contributed by atoms with E-state index in [1.54, 1.807) is 12.1 Å². The fraction of sp³-hybridized carbons (Fsp3) is 0.118. The third kappa shape index (κ3) is 3.29. The number of rotatable bonds is 4. The molecule has 0 aliphatic heterocycles. The number of aromatic amines is 1. The second-order valence-corrected chi connectivity index (χ2v) is 6.59. The predicted octanol–water partition coefficient (Wildman–Crippen LogP) is 3.59. The molecule has 2 aromatic carbocycles. The molecule has 0 bridgehead atoms. The first kappa shape index (κ1) is 16.6. The number of aryl methyl sites for hydroxylation is 1. The topological polar surface area (TPSA) is 77.2 Å².